The van der Waals surface area contributed by atoms with Crippen LogP contribution in [0.2, 0.25) is 0 Å². The Balaban J connectivity index is 1.35. The zero-order chi connectivity index (χ0) is 18.0. The smallest absolute Gasteiger partial charge is 0.254 e. The number of nitrogens with one attached hydrogen (secondary N) is 1. The fourth-order valence-electron chi connectivity index (χ4n) is 4.03. The lowest BCUT2D eigenvalue weighted by Crippen LogP contribution is -2.49. The van der Waals surface area contributed by atoms with Gasteiger partial charge in [-0.1, -0.05) is 6.07 Å². The van der Waals surface area contributed by atoms with Gasteiger partial charge in [0.25, 0.3) is 5.91 Å². The summed E-state index contributed by atoms with van der Waals surface area (Å²) in [5.74, 6) is -0.0523. The number of ether oxygens (including phenoxy) is 1. The second-order valence-corrected chi connectivity index (χ2v) is 7.38. The number of aromatic nitrogens is 3. The van der Waals surface area contributed by atoms with Crippen LogP contribution in [0.25, 0.3) is 0 Å². The Morgan fingerprint density at radius 2 is 2.38 bits per heavy atom. The molecule has 7 heteroatoms. The number of aryl methyl sites for hydroxylation is 1. The fraction of sp³-hybridized carbons (Fsp3) is 0.526. The van der Waals surface area contributed by atoms with Crippen LogP contribution in [0.4, 0.5) is 0 Å². The minimum Gasteiger partial charge on any atom is -0.373 e. The van der Waals surface area contributed by atoms with Gasteiger partial charge in [-0.25, -0.2) is 0 Å². The van der Waals surface area contributed by atoms with Gasteiger partial charge in [-0.15, -0.1) is 0 Å². The van der Waals surface area contributed by atoms with E-state index in [9.17, 15) is 4.79 Å². The summed E-state index contributed by atoms with van der Waals surface area (Å²) in [7, 11) is 1.81. The van der Waals surface area contributed by atoms with Crippen molar-refractivity contribution in [3.63, 3.8) is 0 Å². The Morgan fingerprint density at radius 3 is 3.15 bits per heavy atom. The van der Waals surface area contributed by atoms with Gasteiger partial charge in [-0.05, 0) is 31.4 Å². The van der Waals surface area contributed by atoms with E-state index in [-0.39, 0.29) is 17.6 Å². The van der Waals surface area contributed by atoms with Gasteiger partial charge in [0.05, 0.1) is 23.1 Å². The first-order valence-electron chi connectivity index (χ1n) is 9.18. The zero-order valence-corrected chi connectivity index (χ0v) is 15.1. The maximum absolute atomic E-state index is 12.4. The Kier molecular flexibility index (Phi) is 4.74. The maximum Gasteiger partial charge on any atom is 0.254 e. The monoisotopic (exact) mass is 355 g/mol. The molecular weight excluding hydrogens is 330 g/mol. The minimum absolute atomic E-state index is 0.0523. The molecule has 0 aromatic carbocycles. The first-order chi connectivity index (χ1) is 12.6. The number of nitrogens with zero attached hydrogens (tertiary/aromatic N) is 4. The number of carbonyl (C=O) groups is 1. The van der Waals surface area contributed by atoms with E-state index in [4.69, 9.17) is 4.74 Å². The molecule has 7 nitrogen and oxygen atoms in total. The van der Waals surface area contributed by atoms with Crippen molar-refractivity contribution in [1.29, 1.82) is 0 Å². The predicted molar refractivity (Wildman–Crippen MR) is 96.5 cm³/mol. The highest BCUT2D eigenvalue weighted by molar-refractivity contribution is 5.93. The molecule has 2 aliphatic heterocycles. The van der Waals surface area contributed by atoms with Crippen molar-refractivity contribution in [1.82, 2.24) is 25.0 Å². The van der Waals surface area contributed by atoms with Crippen molar-refractivity contribution in [2.45, 2.75) is 37.5 Å². The average Bonchev–Trinajstić information content (AvgIpc) is 3.23. The molecule has 1 amide bonds. The standard InChI is InChI=1S/C19H25N5O2/c1-23-12-15(11-21-23)18(25)22-16-5-9-26-19(10-16)6-8-24(14-19)13-17-4-2-3-7-20-17/h2-4,7,11-12,16H,5-6,8-10,13-14H2,1H3,(H,22,25)/t16-,19+/m0/s1. The number of pyridine rings is 1. The fourth-order valence-corrected chi connectivity index (χ4v) is 4.03. The molecule has 0 aliphatic carbocycles. The first kappa shape index (κ1) is 17.2. The highest BCUT2D eigenvalue weighted by Crippen LogP contribution is 2.34. The highest BCUT2D eigenvalue weighted by Gasteiger charge is 2.43. The molecule has 0 saturated carbocycles. The lowest BCUT2D eigenvalue weighted by Gasteiger charge is -2.38. The molecule has 0 unspecified atom stereocenters. The number of hydrogen-bond acceptors (Lipinski definition) is 5. The van der Waals surface area contributed by atoms with Gasteiger partial charge in [0.2, 0.25) is 0 Å². The average molecular weight is 355 g/mol. The van der Waals surface area contributed by atoms with Gasteiger partial charge in [-0.2, -0.15) is 5.10 Å². The van der Waals surface area contributed by atoms with Gasteiger partial charge in [-0.3, -0.25) is 19.4 Å². The van der Waals surface area contributed by atoms with E-state index in [1.165, 1.54) is 0 Å². The predicted octanol–water partition coefficient (Wildman–Crippen LogP) is 1.37. The van der Waals surface area contributed by atoms with E-state index in [0.717, 1.165) is 44.6 Å². The summed E-state index contributed by atoms with van der Waals surface area (Å²) in [5.41, 5.74) is 1.54. The van der Waals surface area contributed by atoms with Crippen LogP contribution < -0.4 is 5.32 Å². The van der Waals surface area contributed by atoms with Crippen molar-refractivity contribution in [3.8, 4) is 0 Å². The lowest BCUT2D eigenvalue weighted by atomic mass is 9.89. The second-order valence-electron chi connectivity index (χ2n) is 7.38. The SMILES string of the molecule is Cn1cc(C(=O)N[C@H]2CCO[C@]3(CCN(Cc4ccccn4)C3)C2)cn1. The summed E-state index contributed by atoms with van der Waals surface area (Å²) >= 11 is 0. The van der Waals surface area contributed by atoms with Crippen LogP contribution in [-0.4, -0.2) is 56.9 Å². The molecule has 138 valence electrons. The van der Waals surface area contributed by atoms with Crippen molar-refractivity contribution in [2.75, 3.05) is 19.7 Å². The third kappa shape index (κ3) is 3.78. The van der Waals surface area contributed by atoms with E-state index in [1.54, 1.807) is 17.1 Å². The third-order valence-corrected chi connectivity index (χ3v) is 5.30. The molecule has 0 radical (unpaired) electrons. The van der Waals surface area contributed by atoms with Crippen LogP contribution in [0, 0.1) is 0 Å². The van der Waals surface area contributed by atoms with Crippen LogP contribution in [0.15, 0.2) is 36.8 Å². The number of amides is 1. The molecule has 0 bridgehead atoms. The van der Waals surface area contributed by atoms with E-state index in [0.29, 0.717) is 12.2 Å². The van der Waals surface area contributed by atoms with Crippen molar-refractivity contribution < 1.29 is 9.53 Å². The number of likely N-dealkylation sites (tertiary alicyclic amines) is 1. The molecule has 2 atom stereocenters. The molecule has 4 rings (SSSR count). The quantitative estimate of drug-likeness (QED) is 0.897. The largest absolute Gasteiger partial charge is 0.373 e. The summed E-state index contributed by atoms with van der Waals surface area (Å²) in [4.78, 5) is 19.2. The van der Waals surface area contributed by atoms with Crippen LogP contribution >= 0.6 is 0 Å². The molecule has 2 saturated heterocycles. The Morgan fingerprint density at radius 1 is 1.46 bits per heavy atom. The summed E-state index contributed by atoms with van der Waals surface area (Å²) in [5, 5.41) is 7.23. The van der Waals surface area contributed by atoms with Gasteiger partial charge >= 0.3 is 0 Å². The van der Waals surface area contributed by atoms with Gasteiger partial charge in [0.15, 0.2) is 0 Å². The number of hydrogen-bond donors (Lipinski definition) is 1. The van der Waals surface area contributed by atoms with Crippen LogP contribution in [-0.2, 0) is 18.3 Å². The Hall–Kier alpha value is -2.25. The molecule has 26 heavy (non-hydrogen) atoms. The van der Waals surface area contributed by atoms with Crippen LogP contribution in [0.3, 0.4) is 0 Å². The number of rotatable bonds is 4. The molecule has 2 fully saturated rings. The summed E-state index contributed by atoms with van der Waals surface area (Å²) in [6.07, 6.45) is 7.90. The van der Waals surface area contributed by atoms with Crippen molar-refractivity contribution >= 4 is 5.91 Å². The Bertz CT molecular complexity index is 762. The van der Waals surface area contributed by atoms with Gasteiger partial charge < -0.3 is 10.1 Å². The molecule has 2 aromatic rings. The minimum atomic E-state index is -0.153. The van der Waals surface area contributed by atoms with E-state index in [1.807, 2.05) is 25.4 Å². The van der Waals surface area contributed by atoms with Crippen molar-refractivity contribution in [2.24, 2.45) is 7.05 Å². The summed E-state index contributed by atoms with van der Waals surface area (Å²) < 4.78 is 7.83. The third-order valence-electron chi connectivity index (χ3n) is 5.30. The van der Waals surface area contributed by atoms with Crippen LogP contribution in [0.5, 0.6) is 0 Å². The molecule has 1 spiro atoms. The zero-order valence-electron chi connectivity index (χ0n) is 15.1. The molecule has 1 N–H and O–H groups in total. The summed E-state index contributed by atoms with van der Waals surface area (Å²) in [6, 6.07) is 6.17. The van der Waals surface area contributed by atoms with E-state index < -0.39 is 0 Å². The van der Waals surface area contributed by atoms with E-state index in [2.05, 4.69) is 26.4 Å². The topological polar surface area (TPSA) is 72.3 Å². The second kappa shape index (κ2) is 7.17. The Labute approximate surface area is 153 Å². The van der Waals surface area contributed by atoms with Gasteiger partial charge in [0.1, 0.15) is 0 Å². The van der Waals surface area contributed by atoms with Gasteiger partial charge in [0, 0.05) is 51.7 Å². The van der Waals surface area contributed by atoms with E-state index >= 15 is 0 Å². The maximum atomic E-state index is 12.4. The highest BCUT2D eigenvalue weighted by atomic mass is 16.5. The number of carbonyl (C=O) groups excluding carboxylic acids is 1. The molecule has 2 aromatic heterocycles. The molecule has 2 aliphatic rings. The first-order valence-corrected chi connectivity index (χ1v) is 9.18. The molecular formula is C19H25N5O2. The van der Waals surface area contributed by atoms with Crippen molar-refractivity contribution in [3.05, 3.63) is 48.0 Å². The molecule has 4 heterocycles. The summed E-state index contributed by atoms with van der Waals surface area (Å²) in [6.45, 7) is 3.43. The normalized spacial score (nSPS) is 26.3. The van der Waals surface area contributed by atoms with Crippen LogP contribution in [0.1, 0.15) is 35.3 Å². The lowest BCUT2D eigenvalue weighted by molar-refractivity contribution is -0.0793.